The Kier molecular flexibility index (Phi) is 7.03. The standard InChI is InChI=1S/C20H25ClN2O3S/c1-5-23(6-2)27(25,26)19-13-9-17(10-14-19)20(24)22(4)15(3)16-7-11-18(21)12-8-16/h7-15H,5-6H2,1-4H3/t15-/m0/s1. The maximum Gasteiger partial charge on any atom is 0.254 e. The van der Waals surface area contributed by atoms with E-state index in [-0.39, 0.29) is 16.8 Å². The first-order valence-electron chi connectivity index (χ1n) is 8.85. The second kappa shape index (κ2) is 8.87. The van der Waals surface area contributed by atoms with Gasteiger partial charge in [-0.25, -0.2) is 8.42 Å². The van der Waals surface area contributed by atoms with Crippen LogP contribution in [-0.2, 0) is 10.0 Å². The molecule has 0 N–H and O–H groups in total. The molecule has 0 aliphatic rings. The second-order valence-corrected chi connectivity index (χ2v) is 8.63. The smallest absolute Gasteiger partial charge is 0.254 e. The summed E-state index contributed by atoms with van der Waals surface area (Å²) >= 11 is 5.92. The normalized spacial score (nSPS) is 12.8. The molecule has 1 atom stereocenters. The fourth-order valence-electron chi connectivity index (χ4n) is 2.83. The summed E-state index contributed by atoms with van der Waals surface area (Å²) in [5.41, 5.74) is 1.41. The predicted octanol–water partition coefficient (Wildman–Crippen LogP) is 4.20. The Hall–Kier alpha value is -1.89. The third-order valence-electron chi connectivity index (χ3n) is 4.70. The monoisotopic (exact) mass is 408 g/mol. The molecule has 0 heterocycles. The molecule has 0 radical (unpaired) electrons. The van der Waals surface area contributed by atoms with Crippen molar-refractivity contribution in [3.8, 4) is 0 Å². The maximum absolute atomic E-state index is 12.8. The summed E-state index contributed by atoms with van der Waals surface area (Å²) in [5.74, 6) is -0.177. The van der Waals surface area contributed by atoms with Crippen LogP contribution in [0.5, 0.6) is 0 Å². The van der Waals surface area contributed by atoms with E-state index < -0.39 is 10.0 Å². The number of halogens is 1. The lowest BCUT2D eigenvalue weighted by molar-refractivity contribution is 0.0742. The number of carbonyl (C=O) groups excluding carboxylic acids is 1. The van der Waals surface area contributed by atoms with Gasteiger partial charge in [0.2, 0.25) is 10.0 Å². The summed E-state index contributed by atoms with van der Waals surface area (Å²) in [6, 6.07) is 13.3. The van der Waals surface area contributed by atoms with Crippen LogP contribution in [0, 0.1) is 0 Å². The van der Waals surface area contributed by atoms with Gasteiger partial charge in [0.05, 0.1) is 10.9 Å². The van der Waals surface area contributed by atoms with Gasteiger partial charge in [0.1, 0.15) is 0 Å². The van der Waals surface area contributed by atoms with Crippen molar-refractivity contribution in [1.82, 2.24) is 9.21 Å². The number of hydrogen-bond acceptors (Lipinski definition) is 3. The summed E-state index contributed by atoms with van der Waals surface area (Å²) in [7, 11) is -1.81. The van der Waals surface area contributed by atoms with Gasteiger partial charge in [-0.3, -0.25) is 4.79 Å². The number of carbonyl (C=O) groups is 1. The molecule has 0 aliphatic carbocycles. The highest BCUT2D eigenvalue weighted by molar-refractivity contribution is 7.89. The molecule has 5 nitrogen and oxygen atoms in total. The van der Waals surface area contributed by atoms with Crippen LogP contribution in [0.1, 0.15) is 42.7 Å². The molecule has 0 unspecified atom stereocenters. The van der Waals surface area contributed by atoms with E-state index in [1.54, 1.807) is 50.1 Å². The second-order valence-electron chi connectivity index (χ2n) is 6.26. The van der Waals surface area contributed by atoms with Gasteiger partial charge in [-0.2, -0.15) is 4.31 Å². The zero-order valence-corrected chi connectivity index (χ0v) is 17.6. The number of amides is 1. The maximum atomic E-state index is 12.8. The van der Waals surface area contributed by atoms with Gasteiger partial charge < -0.3 is 4.90 Å². The van der Waals surface area contributed by atoms with Crippen LogP contribution in [0.15, 0.2) is 53.4 Å². The van der Waals surface area contributed by atoms with Gasteiger partial charge in [-0.1, -0.05) is 37.6 Å². The number of nitrogens with zero attached hydrogens (tertiary/aromatic N) is 2. The van der Waals surface area contributed by atoms with E-state index in [9.17, 15) is 13.2 Å². The van der Waals surface area contributed by atoms with E-state index in [1.165, 1.54) is 16.4 Å². The van der Waals surface area contributed by atoms with Crippen molar-refractivity contribution in [2.24, 2.45) is 0 Å². The van der Waals surface area contributed by atoms with Gasteiger partial charge in [0.15, 0.2) is 0 Å². The van der Waals surface area contributed by atoms with Gasteiger partial charge in [0, 0.05) is 30.7 Å². The number of rotatable bonds is 7. The van der Waals surface area contributed by atoms with Crippen molar-refractivity contribution in [3.63, 3.8) is 0 Å². The van der Waals surface area contributed by atoms with Crippen molar-refractivity contribution < 1.29 is 13.2 Å². The van der Waals surface area contributed by atoms with Crippen LogP contribution in [0.25, 0.3) is 0 Å². The van der Waals surface area contributed by atoms with Crippen LogP contribution in [0.2, 0.25) is 5.02 Å². The summed E-state index contributed by atoms with van der Waals surface area (Å²) < 4.78 is 26.5. The Bertz CT molecular complexity index is 876. The number of benzene rings is 2. The van der Waals surface area contributed by atoms with Crippen LogP contribution in [-0.4, -0.2) is 43.7 Å². The van der Waals surface area contributed by atoms with Gasteiger partial charge in [-0.15, -0.1) is 0 Å². The minimum atomic E-state index is -3.53. The summed E-state index contributed by atoms with van der Waals surface area (Å²) in [6.45, 7) is 6.33. The van der Waals surface area contributed by atoms with Crippen molar-refractivity contribution >= 4 is 27.5 Å². The minimum Gasteiger partial charge on any atom is -0.335 e. The molecule has 27 heavy (non-hydrogen) atoms. The Morgan fingerprint density at radius 2 is 1.52 bits per heavy atom. The average molecular weight is 409 g/mol. The molecule has 146 valence electrons. The van der Waals surface area contributed by atoms with Crippen LogP contribution in [0.3, 0.4) is 0 Å². The topological polar surface area (TPSA) is 57.7 Å². The van der Waals surface area contributed by atoms with Gasteiger partial charge >= 0.3 is 0 Å². The summed E-state index contributed by atoms with van der Waals surface area (Å²) in [5, 5.41) is 0.643. The fraction of sp³-hybridized carbons (Fsp3) is 0.350. The minimum absolute atomic E-state index is 0.145. The van der Waals surface area contributed by atoms with Crippen LogP contribution >= 0.6 is 11.6 Å². The largest absolute Gasteiger partial charge is 0.335 e. The first-order chi connectivity index (χ1) is 12.7. The van der Waals surface area contributed by atoms with Crippen molar-refractivity contribution in [2.75, 3.05) is 20.1 Å². The number of sulfonamides is 1. The zero-order valence-electron chi connectivity index (χ0n) is 16.0. The lowest BCUT2D eigenvalue weighted by atomic mass is 10.1. The molecule has 2 aromatic carbocycles. The molecular formula is C20H25ClN2O3S. The van der Waals surface area contributed by atoms with E-state index in [2.05, 4.69) is 0 Å². The molecule has 2 rings (SSSR count). The van der Waals surface area contributed by atoms with Crippen molar-refractivity contribution in [2.45, 2.75) is 31.7 Å². The van der Waals surface area contributed by atoms with E-state index in [4.69, 9.17) is 11.6 Å². The van der Waals surface area contributed by atoms with Crippen molar-refractivity contribution in [1.29, 1.82) is 0 Å². The lowest BCUT2D eigenvalue weighted by Gasteiger charge is -2.25. The molecule has 0 spiro atoms. The molecule has 0 saturated carbocycles. The predicted molar refractivity (Wildman–Crippen MR) is 109 cm³/mol. The quantitative estimate of drug-likeness (QED) is 0.689. The Morgan fingerprint density at radius 1 is 1.00 bits per heavy atom. The fourth-order valence-corrected chi connectivity index (χ4v) is 4.41. The third kappa shape index (κ3) is 4.69. The molecule has 0 fully saturated rings. The Morgan fingerprint density at radius 3 is 2.00 bits per heavy atom. The first kappa shape index (κ1) is 21.4. The van der Waals surface area contributed by atoms with Crippen LogP contribution in [0.4, 0.5) is 0 Å². The highest BCUT2D eigenvalue weighted by Gasteiger charge is 2.23. The lowest BCUT2D eigenvalue weighted by Crippen LogP contribution is -2.31. The Balaban J connectivity index is 2.21. The molecule has 0 aliphatic heterocycles. The zero-order chi connectivity index (χ0) is 20.2. The van der Waals surface area contributed by atoms with E-state index in [0.29, 0.717) is 23.7 Å². The highest BCUT2D eigenvalue weighted by Crippen LogP contribution is 2.23. The highest BCUT2D eigenvalue weighted by atomic mass is 35.5. The SMILES string of the molecule is CCN(CC)S(=O)(=O)c1ccc(C(=O)N(C)[C@@H](C)c2ccc(Cl)cc2)cc1. The first-order valence-corrected chi connectivity index (χ1v) is 10.7. The molecule has 0 saturated heterocycles. The molecular weight excluding hydrogens is 384 g/mol. The van der Waals surface area contributed by atoms with E-state index in [1.807, 2.05) is 19.1 Å². The van der Waals surface area contributed by atoms with E-state index >= 15 is 0 Å². The summed E-state index contributed by atoms with van der Waals surface area (Å²) in [6.07, 6.45) is 0. The number of hydrogen-bond donors (Lipinski definition) is 0. The van der Waals surface area contributed by atoms with Gasteiger partial charge in [0.25, 0.3) is 5.91 Å². The molecule has 1 amide bonds. The Labute approximate surface area is 166 Å². The van der Waals surface area contributed by atoms with Crippen molar-refractivity contribution in [3.05, 3.63) is 64.7 Å². The molecule has 0 aromatic heterocycles. The third-order valence-corrected chi connectivity index (χ3v) is 7.01. The van der Waals surface area contributed by atoms with E-state index in [0.717, 1.165) is 5.56 Å². The van der Waals surface area contributed by atoms with Gasteiger partial charge in [-0.05, 0) is 48.9 Å². The summed E-state index contributed by atoms with van der Waals surface area (Å²) in [4.78, 5) is 14.6. The molecule has 7 heteroatoms. The molecule has 0 bridgehead atoms. The molecule has 2 aromatic rings. The average Bonchev–Trinajstić information content (AvgIpc) is 2.67. The van der Waals surface area contributed by atoms with Crippen LogP contribution < -0.4 is 0 Å².